The Kier molecular flexibility index (Phi) is 6.36. The standard InChI is InChI=1S/C14H26O4/c1-8-17-12(15)11(5)18-13(16)14(6,7)10(4)9(2)3/h9-11H,8H2,1-7H3. The maximum Gasteiger partial charge on any atom is 0.347 e. The van der Waals surface area contributed by atoms with Gasteiger partial charge in [0.25, 0.3) is 0 Å². The summed E-state index contributed by atoms with van der Waals surface area (Å²) in [6, 6.07) is 0. The van der Waals surface area contributed by atoms with E-state index in [2.05, 4.69) is 13.8 Å². The number of carbonyl (C=O) groups is 2. The third-order valence-corrected chi connectivity index (χ3v) is 3.57. The Hall–Kier alpha value is -1.06. The molecule has 0 rings (SSSR count). The summed E-state index contributed by atoms with van der Waals surface area (Å²) in [5.74, 6) is -0.326. The maximum atomic E-state index is 12.1. The first-order valence-electron chi connectivity index (χ1n) is 6.52. The average molecular weight is 258 g/mol. The number of carbonyl (C=O) groups excluding carboxylic acids is 2. The molecular formula is C14H26O4. The second-order valence-electron chi connectivity index (χ2n) is 5.55. The van der Waals surface area contributed by atoms with Gasteiger partial charge < -0.3 is 9.47 Å². The van der Waals surface area contributed by atoms with Crippen molar-refractivity contribution in [1.29, 1.82) is 0 Å². The molecule has 0 N–H and O–H groups in total. The Bertz CT molecular complexity index is 294. The predicted molar refractivity (Wildman–Crippen MR) is 70.0 cm³/mol. The summed E-state index contributed by atoms with van der Waals surface area (Å²) >= 11 is 0. The van der Waals surface area contributed by atoms with Crippen LogP contribution in [0.4, 0.5) is 0 Å². The largest absolute Gasteiger partial charge is 0.463 e. The first-order valence-corrected chi connectivity index (χ1v) is 6.52. The second-order valence-corrected chi connectivity index (χ2v) is 5.55. The maximum absolute atomic E-state index is 12.1. The highest BCUT2D eigenvalue weighted by Gasteiger charge is 2.38. The van der Waals surface area contributed by atoms with E-state index in [1.807, 2.05) is 20.8 Å². The Morgan fingerprint density at radius 3 is 2.00 bits per heavy atom. The Morgan fingerprint density at radius 2 is 1.61 bits per heavy atom. The van der Waals surface area contributed by atoms with Gasteiger partial charge in [-0.15, -0.1) is 0 Å². The topological polar surface area (TPSA) is 52.6 Å². The molecule has 0 aliphatic rings. The van der Waals surface area contributed by atoms with Gasteiger partial charge in [0.15, 0.2) is 6.10 Å². The fraction of sp³-hybridized carbons (Fsp3) is 0.857. The highest BCUT2D eigenvalue weighted by Crippen LogP contribution is 2.33. The van der Waals surface area contributed by atoms with Crippen molar-refractivity contribution < 1.29 is 19.1 Å². The van der Waals surface area contributed by atoms with Crippen LogP contribution in [0.25, 0.3) is 0 Å². The lowest BCUT2D eigenvalue weighted by atomic mass is 9.74. The third kappa shape index (κ3) is 4.31. The van der Waals surface area contributed by atoms with Gasteiger partial charge in [-0.1, -0.05) is 20.8 Å². The van der Waals surface area contributed by atoms with E-state index < -0.39 is 17.5 Å². The van der Waals surface area contributed by atoms with Crippen LogP contribution in [0.15, 0.2) is 0 Å². The normalized spacial score (nSPS) is 15.1. The van der Waals surface area contributed by atoms with Gasteiger partial charge in [0.05, 0.1) is 12.0 Å². The van der Waals surface area contributed by atoms with E-state index in [0.29, 0.717) is 5.92 Å². The summed E-state index contributed by atoms with van der Waals surface area (Å²) in [5, 5.41) is 0. The van der Waals surface area contributed by atoms with Crippen LogP contribution in [-0.2, 0) is 19.1 Å². The van der Waals surface area contributed by atoms with Crippen molar-refractivity contribution in [2.24, 2.45) is 17.3 Å². The van der Waals surface area contributed by atoms with Gasteiger partial charge in [-0.05, 0) is 39.5 Å². The van der Waals surface area contributed by atoms with E-state index >= 15 is 0 Å². The molecule has 0 saturated carbocycles. The van der Waals surface area contributed by atoms with Crippen molar-refractivity contribution in [3.63, 3.8) is 0 Å². The molecule has 0 spiro atoms. The van der Waals surface area contributed by atoms with Gasteiger partial charge in [0, 0.05) is 0 Å². The summed E-state index contributed by atoms with van der Waals surface area (Å²) in [5.41, 5.74) is -0.616. The number of hydrogen-bond donors (Lipinski definition) is 0. The zero-order chi connectivity index (χ0) is 14.5. The summed E-state index contributed by atoms with van der Waals surface area (Å²) in [7, 11) is 0. The fourth-order valence-electron chi connectivity index (χ4n) is 1.64. The summed E-state index contributed by atoms with van der Waals surface area (Å²) < 4.78 is 10.00. The fourth-order valence-corrected chi connectivity index (χ4v) is 1.64. The second kappa shape index (κ2) is 6.76. The lowest BCUT2D eigenvalue weighted by molar-refractivity contribution is -0.174. The number of esters is 2. The quantitative estimate of drug-likeness (QED) is 0.687. The summed E-state index contributed by atoms with van der Waals surface area (Å²) in [6.07, 6.45) is -0.851. The highest BCUT2D eigenvalue weighted by atomic mass is 16.6. The molecule has 4 heteroatoms. The summed E-state index contributed by atoms with van der Waals surface area (Å²) in [6.45, 7) is 13.4. The Morgan fingerprint density at radius 1 is 1.11 bits per heavy atom. The van der Waals surface area contributed by atoms with Crippen LogP contribution in [0.1, 0.15) is 48.5 Å². The van der Waals surface area contributed by atoms with Crippen LogP contribution in [0.3, 0.4) is 0 Å². The minimum Gasteiger partial charge on any atom is -0.463 e. The van der Waals surface area contributed by atoms with Crippen molar-refractivity contribution in [3.05, 3.63) is 0 Å². The van der Waals surface area contributed by atoms with E-state index in [9.17, 15) is 9.59 Å². The molecule has 0 fully saturated rings. The zero-order valence-electron chi connectivity index (χ0n) is 12.6. The average Bonchev–Trinajstić information content (AvgIpc) is 2.27. The molecule has 0 bridgehead atoms. The minimum atomic E-state index is -0.851. The molecule has 0 aromatic rings. The van der Waals surface area contributed by atoms with Gasteiger partial charge in [-0.25, -0.2) is 4.79 Å². The molecule has 0 heterocycles. The van der Waals surface area contributed by atoms with Crippen LogP contribution < -0.4 is 0 Å². The van der Waals surface area contributed by atoms with E-state index in [1.165, 1.54) is 6.92 Å². The summed E-state index contributed by atoms with van der Waals surface area (Å²) in [4.78, 5) is 23.5. The molecule has 0 aromatic heterocycles. The van der Waals surface area contributed by atoms with E-state index in [4.69, 9.17) is 9.47 Å². The van der Waals surface area contributed by atoms with Gasteiger partial charge >= 0.3 is 11.9 Å². The molecule has 0 saturated heterocycles. The first-order chi connectivity index (χ1) is 8.14. The molecule has 0 aliphatic carbocycles. The third-order valence-electron chi connectivity index (χ3n) is 3.57. The molecule has 18 heavy (non-hydrogen) atoms. The lowest BCUT2D eigenvalue weighted by Crippen LogP contribution is -2.39. The predicted octanol–water partition coefficient (Wildman–Crippen LogP) is 2.80. The van der Waals surface area contributed by atoms with Gasteiger partial charge in [-0.2, -0.15) is 0 Å². The smallest absolute Gasteiger partial charge is 0.347 e. The number of rotatable bonds is 6. The van der Waals surface area contributed by atoms with Crippen molar-refractivity contribution >= 4 is 11.9 Å². The van der Waals surface area contributed by atoms with Crippen LogP contribution in [0.2, 0.25) is 0 Å². The lowest BCUT2D eigenvalue weighted by Gasteiger charge is -2.32. The van der Waals surface area contributed by atoms with Gasteiger partial charge in [-0.3, -0.25) is 4.79 Å². The van der Waals surface area contributed by atoms with Crippen molar-refractivity contribution in [3.8, 4) is 0 Å². The van der Waals surface area contributed by atoms with Crippen LogP contribution in [0.5, 0.6) is 0 Å². The van der Waals surface area contributed by atoms with E-state index in [0.717, 1.165) is 0 Å². The Balaban J connectivity index is 4.61. The van der Waals surface area contributed by atoms with Crippen LogP contribution >= 0.6 is 0 Å². The van der Waals surface area contributed by atoms with E-state index in [1.54, 1.807) is 6.92 Å². The molecular weight excluding hydrogens is 232 g/mol. The van der Waals surface area contributed by atoms with Crippen molar-refractivity contribution in [1.82, 2.24) is 0 Å². The van der Waals surface area contributed by atoms with Crippen LogP contribution in [-0.4, -0.2) is 24.6 Å². The zero-order valence-corrected chi connectivity index (χ0v) is 12.6. The van der Waals surface area contributed by atoms with Crippen molar-refractivity contribution in [2.45, 2.75) is 54.6 Å². The molecule has 2 atom stereocenters. The highest BCUT2D eigenvalue weighted by molar-refractivity contribution is 5.81. The molecule has 4 nitrogen and oxygen atoms in total. The number of hydrogen-bond acceptors (Lipinski definition) is 4. The minimum absolute atomic E-state index is 0.166. The van der Waals surface area contributed by atoms with Gasteiger partial charge in [0.2, 0.25) is 0 Å². The molecule has 0 radical (unpaired) electrons. The van der Waals surface area contributed by atoms with Gasteiger partial charge in [0.1, 0.15) is 0 Å². The molecule has 2 unspecified atom stereocenters. The van der Waals surface area contributed by atoms with Crippen LogP contribution in [0, 0.1) is 17.3 Å². The Labute approximate surface area is 110 Å². The first kappa shape index (κ1) is 16.9. The molecule has 0 aromatic carbocycles. The molecule has 106 valence electrons. The van der Waals surface area contributed by atoms with Crippen molar-refractivity contribution in [2.75, 3.05) is 6.61 Å². The molecule has 0 amide bonds. The van der Waals surface area contributed by atoms with E-state index in [-0.39, 0.29) is 18.5 Å². The monoisotopic (exact) mass is 258 g/mol. The molecule has 0 aliphatic heterocycles. The number of ether oxygens (including phenoxy) is 2. The SMILES string of the molecule is CCOC(=O)C(C)OC(=O)C(C)(C)C(C)C(C)C.